The van der Waals surface area contributed by atoms with Crippen molar-refractivity contribution in [3.8, 4) is 0 Å². The average molecular weight is 131 g/mol. The lowest BCUT2D eigenvalue weighted by Crippen LogP contribution is -2.11. The molecule has 1 nitrogen and oxygen atoms in total. The fraction of sp³-hybridized carbons (Fsp3) is 0.444. The van der Waals surface area contributed by atoms with Gasteiger partial charge >= 0.3 is 0 Å². The maximum Gasteiger partial charge on any atom is 0.0445 e. The Hall–Kier alpha value is -0.850. The molecule has 0 unspecified atom stereocenters. The summed E-state index contributed by atoms with van der Waals surface area (Å²) >= 11 is 0. The summed E-state index contributed by atoms with van der Waals surface area (Å²) in [5.74, 6) is 0. The molecule has 1 heteroatoms. The molecule has 0 radical (unpaired) electrons. The van der Waals surface area contributed by atoms with Crippen molar-refractivity contribution in [3.05, 3.63) is 28.6 Å². The standard InChI is InChI=1S/C9H9N/c1-3-8-6(1)5-7-2-4-9(8)10-7/h5H,1-4H2. The van der Waals surface area contributed by atoms with Crippen LogP contribution >= 0.6 is 0 Å². The molecule has 0 aromatic carbocycles. The van der Waals surface area contributed by atoms with Crippen molar-refractivity contribution in [2.24, 2.45) is 0 Å². The van der Waals surface area contributed by atoms with Crippen LogP contribution in [0.3, 0.4) is 0 Å². The first kappa shape index (κ1) is 4.89. The van der Waals surface area contributed by atoms with E-state index in [1.165, 1.54) is 37.1 Å². The summed E-state index contributed by atoms with van der Waals surface area (Å²) in [6.07, 6.45) is 5.00. The van der Waals surface area contributed by atoms with Crippen LogP contribution in [0.25, 0.3) is 0 Å². The van der Waals surface area contributed by atoms with Crippen molar-refractivity contribution >= 4 is 0 Å². The molecule has 0 amide bonds. The smallest absolute Gasteiger partial charge is 0.0445 e. The number of nitrogens with zero attached hydrogens (tertiary/aromatic N) is 1. The monoisotopic (exact) mass is 131 g/mol. The molecule has 0 fully saturated rings. The first-order valence-electron chi connectivity index (χ1n) is 3.94. The van der Waals surface area contributed by atoms with E-state index in [0.717, 1.165) is 0 Å². The summed E-state index contributed by atoms with van der Waals surface area (Å²) in [5.41, 5.74) is 5.88. The Morgan fingerprint density at radius 1 is 1.10 bits per heavy atom. The molecule has 2 heterocycles. The van der Waals surface area contributed by atoms with Gasteiger partial charge in [0.15, 0.2) is 0 Å². The summed E-state index contributed by atoms with van der Waals surface area (Å²) in [6.45, 7) is 0. The van der Waals surface area contributed by atoms with Gasteiger partial charge in [-0.05, 0) is 42.9 Å². The molecule has 50 valence electrons. The van der Waals surface area contributed by atoms with Crippen molar-refractivity contribution in [1.82, 2.24) is 4.98 Å². The lowest BCUT2D eigenvalue weighted by molar-refractivity contribution is 0.809. The highest BCUT2D eigenvalue weighted by Crippen LogP contribution is 2.30. The van der Waals surface area contributed by atoms with Crippen LogP contribution in [0.1, 0.15) is 22.5 Å². The SMILES string of the molecule is c1c2nc(c3c1CC3)CC2. The van der Waals surface area contributed by atoms with E-state index in [4.69, 9.17) is 0 Å². The summed E-state index contributed by atoms with van der Waals surface area (Å²) in [7, 11) is 0. The molecule has 0 spiro atoms. The summed E-state index contributed by atoms with van der Waals surface area (Å²) in [4.78, 5) is 4.50. The largest absolute Gasteiger partial charge is 0.258 e. The van der Waals surface area contributed by atoms with Gasteiger partial charge in [-0.15, -0.1) is 0 Å². The minimum Gasteiger partial charge on any atom is -0.258 e. The Kier molecular flexibility index (Phi) is 0.693. The third-order valence-electron chi connectivity index (χ3n) is 2.62. The Morgan fingerprint density at radius 3 is 2.90 bits per heavy atom. The van der Waals surface area contributed by atoms with Gasteiger partial charge < -0.3 is 0 Å². The molecule has 2 aliphatic rings. The molecule has 0 saturated carbocycles. The van der Waals surface area contributed by atoms with Crippen LogP contribution in [-0.4, -0.2) is 4.98 Å². The number of hydrogen-bond acceptors (Lipinski definition) is 1. The van der Waals surface area contributed by atoms with Crippen LogP contribution in [0.5, 0.6) is 0 Å². The van der Waals surface area contributed by atoms with E-state index >= 15 is 0 Å². The molecule has 1 aliphatic carbocycles. The molecule has 0 N–H and O–H groups in total. The molecule has 1 aliphatic heterocycles. The van der Waals surface area contributed by atoms with E-state index in [9.17, 15) is 0 Å². The Labute approximate surface area is 60.1 Å². The topological polar surface area (TPSA) is 12.9 Å². The third kappa shape index (κ3) is 0.428. The van der Waals surface area contributed by atoms with Gasteiger partial charge in [-0.2, -0.15) is 0 Å². The minimum absolute atomic E-state index is 1.20. The molecular formula is C9H9N. The zero-order chi connectivity index (χ0) is 6.55. The zero-order valence-corrected chi connectivity index (χ0v) is 5.85. The second-order valence-corrected chi connectivity index (χ2v) is 3.20. The number of hydrogen-bond donors (Lipinski definition) is 0. The van der Waals surface area contributed by atoms with Crippen LogP contribution in [0.4, 0.5) is 0 Å². The Morgan fingerprint density at radius 2 is 2.10 bits per heavy atom. The van der Waals surface area contributed by atoms with Gasteiger partial charge in [-0.1, -0.05) is 0 Å². The number of aryl methyl sites for hydroxylation is 3. The van der Waals surface area contributed by atoms with E-state index in [-0.39, 0.29) is 0 Å². The van der Waals surface area contributed by atoms with E-state index < -0.39 is 0 Å². The second-order valence-electron chi connectivity index (χ2n) is 3.20. The zero-order valence-electron chi connectivity index (χ0n) is 5.85. The van der Waals surface area contributed by atoms with E-state index in [1.54, 1.807) is 11.1 Å². The van der Waals surface area contributed by atoms with Crippen molar-refractivity contribution in [2.75, 3.05) is 0 Å². The lowest BCUT2D eigenvalue weighted by atomic mass is 9.88. The predicted molar refractivity (Wildman–Crippen MR) is 39.1 cm³/mol. The minimum atomic E-state index is 1.20. The van der Waals surface area contributed by atoms with Crippen molar-refractivity contribution in [1.29, 1.82) is 0 Å². The van der Waals surface area contributed by atoms with Gasteiger partial charge in [0.2, 0.25) is 0 Å². The van der Waals surface area contributed by atoms with Crippen LogP contribution in [0.2, 0.25) is 0 Å². The molecule has 1 aromatic heterocycles. The normalized spacial score (nSPS) is 18.4. The molecule has 2 bridgehead atoms. The average Bonchev–Trinajstić information content (AvgIpc) is 2.25. The van der Waals surface area contributed by atoms with E-state index in [0.29, 0.717) is 0 Å². The highest BCUT2D eigenvalue weighted by atomic mass is 14.8. The Bertz CT molecular complexity index is 302. The molecular weight excluding hydrogens is 122 g/mol. The summed E-state index contributed by atoms with van der Waals surface area (Å²) < 4.78 is 0. The number of fused-ring (bicyclic) bond motifs is 4. The third-order valence-corrected chi connectivity index (χ3v) is 2.62. The first-order valence-corrected chi connectivity index (χ1v) is 3.94. The van der Waals surface area contributed by atoms with Gasteiger partial charge in [-0.3, -0.25) is 4.98 Å². The fourth-order valence-electron chi connectivity index (χ4n) is 1.94. The molecule has 10 heavy (non-hydrogen) atoms. The second kappa shape index (κ2) is 1.42. The summed E-state index contributed by atoms with van der Waals surface area (Å²) in [6, 6.07) is 2.29. The van der Waals surface area contributed by atoms with Crippen LogP contribution in [0, 0.1) is 0 Å². The van der Waals surface area contributed by atoms with Gasteiger partial charge in [-0.25, -0.2) is 0 Å². The maximum absolute atomic E-state index is 4.50. The van der Waals surface area contributed by atoms with Crippen LogP contribution in [0.15, 0.2) is 6.07 Å². The summed E-state index contributed by atoms with van der Waals surface area (Å²) in [5, 5.41) is 0. The predicted octanol–water partition coefficient (Wildman–Crippen LogP) is 1.28. The Balaban J connectivity index is 2.37. The molecule has 0 saturated heterocycles. The van der Waals surface area contributed by atoms with Gasteiger partial charge in [0, 0.05) is 11.4 Å². The fourth-order valence-corrected chi connectivity index (χ4v) is 1.94. The van der Waals surface area contributed by atoms with Crippen molar-refractivity contribution in [3.63, 3.8) is 0 Å². The molecule has 1 aromatic rings. The quantitative estimate of drug-likeness (QED) is 0.517. The molecule has 3 rings (SSSR count). The van der Waals surface area contributed by atoms with Crippen molar-refractivity contribution in [2.45, 2.75) is 25.7 Å². The first-order chi connectivity index (χ1) is 4.93. The van der Waals surface area contributed by atoms with Crippen molar-refractivity contribution < 1.29 is 0 Å². The highest BCUT2D eigenvalue weighted by Gasteiger charge is 2.22. The van der Waals surface area contributed by atoms with Crippen LogP contribution in [-0.2, 0) is 25.7 Å². The number of rotatable bonds is 0. The van der Waals surface area contributed by atoms with Gasteiger partial charge in [0.05, 0.1) is 0 Å². The lowest BCUT2D eigenvalue weighted by Gasteiger charge is -2.18. The van der Waals surface area contributed by atoms with Gasteiger partial charge in [0.25, 0.3) is 0 Å². The van der Waals surface area contributed by atoms with E-state index in [2.05, 4.69) is 11.1 Å². The van der Waals surface area contributed by atoms with E-state index in [1.807, 2.05) is 0 Å². The number of aromatic nitrogens is 1. The molecule has 0 atom stereocenters. The van der Waals surface area contributed by atoms with Gasteiger partial charge in [0.1, 0.15) is 0 Å². The maximum atomic E-state index is 4.50. The number of pyridine rings is 1. The highest BCUT2D eigenvalue weighted by molar-refractivity contribution is 5.42. The van der Waals surface area contributed by atoms with Crippen LogP contribution < -0.4 is 0 Å².